The predicted octanol–water partition coefficient (Wildman–Crippen LogP) is 3.09. The molecule has 144 valence electrons. The fourth-order valence-electron chi connectivity index (χ4n) is 3.14. The van der Waals surface area contributed by atoms with Crippen molar-refractivity contribution >= 4 is 23.0 Å². The van der Waals surface area contributed by atoms with E-state index >= 15 is 0 Å². The van der Waals surface area contributed by atoms with Crippen molar-refractivity contribution in [2.24, 2.45) is 0 Å². The first-order chi connectivity index (χ1) is 13.5. The molecule has 4 rings (SSSR count). The number of carbonyl (C=O) groups excluding carboxylic acids is 1. The minimum Gasteiger partial charge on any atom is -0.504 e. The number of fused-ring (bicyclic) bond motifs is 1. The van der Waals surface area contributed by atoms with Gasteiger partial charge in [-0.15, -0.1) is 0 Å². The van der Waals surface area contributed by atoms with Gasteiger partial charge in [0.2, 0.25) is 5.91 Å². The van der Waals surface area contributed by atoms with Gasteiger partial charge in [-0.25, -0.2) is 0 Å². The normalized spacial score (nSPS) is 14.8. The molecule has 7 nitrogen and oxygen atoms in total. The molecule has 1 amide bonds. The number of amides is 1. The fourth-order valence-corrected chi connectivity index (χ4v) is 3.14. The Labute approximate surface area is 160 Å². The van der Waals surface area contributed by atoms with Gasteiger partial charge in [-0.2, -0.15) is 0 Å². The monoisotopic (exact) mass is 381 g/mol. The molecule has 0 radical (unpaired) electrons. The van der Waals surface area contributed by atoms with Crippen molar-refractivity contribution in [3.05, 3.63) is 48.0 Å². The van der Waals surface area contributed by atoms with Crippen molar-refractivity contribution in [1.29, 1.82) is 0 Å². The molecule has 0 aliphatic carbocycles. The van der Waals surface area contributed by atoms with Crippen LogP contribution in [-0.2, 0) is 9.53 Å². The molecule has 0 spiro atoms. The Kier molecular flexibility index (Phi) is 4.67. The molecule has 1 saturated heterocycles. The molecule has 1 fully saturated rings. The van der Waals surface area contributed by atoms with Crippen molar-refractivity contribution < 1.29 is 29.3 Å². The predicted molar refractivity (Wildman–Crippen MR) is 103 cm³/mol. The first kappa shape index (κ1) is 17.9. The number of hydrogen-bond acceptors (Lipinski definition) is 6. The minimum absolute atomic E-state index is 0.0269. The van der Waals surface area contributed by atoms with Gasteiger partial charge < -0.3 is 29.4 Å². The molecule has 1 aliphatic heterocycles. The summed E-state index contributed by atoms with van der Waals surface area (Å²) in [5, 5.41) is 30.0. The van der Waals surface area contributed by atoms with E-state index < -0.39 is 0 Å². The minimum atomic E-state index is -0.265. The second-order valence-electron chi connectivity index (χ2n) is 6.50. The molecule has 0 unspecified atom stereocenters. The number of aromatic hydroxyl groups is 3. The van der Waals surface area contributed by atoms with E-state index in [1.54, 1.807) is 29.2 Å². The zero-order valence-electron chi connectivity index (χ0n) is 15.0. The van der Waals surface area contributed by atoms with Crippen LogP contribution in [0.15, 0.2) is 46.9 Å². The molecular formula is C21H19NO6. The molecule has 7 heteroatoms. The van der Waals surface area contributed by atoms with Crippen LogP contribution in [0.2, 0.25) is 0 Å². The van der Waals surface area contributed by atoms with Gasteiger partial charge >= 0.3 is 0 Å². The van der Waals surface area contributed by atoms with Crippen molar-refractivity contribution in [2.75, 3.05) is 26.3 Å². The highest BCUT2D eigenvalue weighted by molar-refractivity contribution is 5.98. The maximum atomic E-state index is 12.3. The van der Waals surface area contributed by atoms with Gasteiger partial charge in [0.25, 0.3) is 0 Å². The second kappa shape index (κ2) is 7.28. The molecule has 0 saturated carbocycles. The number of rotatable bonds is 3. The SMILES string of the molecule is O=C(/C=C/c1ccc(O)c2oc(-c3ccc(O)c(O)c3)cc12)N1CCOCC1. The van der Waals surface area contributed by atoms with E-state index in [9.17, 15) is 20.1 Å². The molecular weight excluding hydrogens is 362 g/mol. The van der Waals surface area contributed by atoms with E-state index in [1.807, 2.05) is 0 Å². The second-order valence-corrected chi connectivity index (χ2v) is 6.50. The maximum absolute atomic E-state index is 12.3. The number of hydrogen-bond donors (Lipinski definition) is 3. The lowest BCUT2D eigenvalue weighted by atomic mass is 10.1. The van der Waals surface area contributed by atoms with Gasteiger partial charge in [-0.05, 0) is 42.0 Å². The lowest BCUT2D eigenvalue weighted by molar-refractivity contribution is -0.129. The summed E-state index contributed by atoms with van der Waals surface area (Å²) in [6.07, 6.45) is 3.18. The summed E-state index contributed by atoms with van der Waals surface area (Å²) in [6.45, 7) is 2.20. The standard InChI is InChI=1S/C21H19NO6/c23-16-4-2-14(11-18(16)25)19-12-15-13(1-5-17(24)21(15)28-19)3-6-20(26)22-7-9-27-10-8-22/h1-6,11-12,23-25H,7-10H2/b6-3+. The zero-order chi connectivity index (χ0) is 19.7. The molecule has 2 aromatic carbocycles. The molecule has 0 bridgehead atoms. The van der Waals surface area contributed by atoms with Crippen LogP contribution in [0, 0.1) is 0 Å². The molecule has 3 aromatic rings. The highest BCUT2D eigenvalue weighted by Crippen LogP contribution is 2.37. The number of nitrogens with zero attached hydrogens (tertiary/aromatic N) is 1. The summed E-state index contributed by atoms with van der Waals surface area (Å²) in [4.78, 5) is 14.0. The van der Waals surface area contributed by atoms with Crippen LogP contribution in [0.1, 0.15) is 5.56 Å². The average Bonchev–Trinajstić information content (AvgIpc) is 3.16. The first-order valence-corrected chi connectivity index (χ1v) is 8.85. The molecule has 0 atom stereocenters. The largest absolute Gasteiger partial charge is 0.504 e. The molecule has 3 N–H and O–H groups in total. The number of phenols is 3. The first-order valence-electron chi connectivity index (χ1n) is 8.85. The number of carbonyl (C=O) groups is 1. The maximum Gasteiger partial charge on any atom is 0.246 e. The highest BCUT2D eigenvalue weighted by Gasteiger charge is 2.16. The Morgan fingerprint density at radius 3 is 2.46 bits per heavy atom. The van der Waals surface area contributed by atoms with Crippen molar-refractivity contribution in [3.63, 3.8) is 0 Å². The van der Waals surface area contributed by atoms with E-state index in [2.05, 4.69) is 0 Å². The van der Waals surface area contributed by atoms with Gasteiger partial charge in [0.05, 0.1) is 13.2 Å². The van der Waals surface area contributed by atoms with Crippen LogP contribution >= 0.6 is 0 Å². The van der Waals surface area contributed by atoms with Crippen LogP contribution in [0.3, 0.4) is 0 Å². The van der Waals surface area contributed by atoms with E-state index in [-0.39, 0.29) is 28.7 Å². The lowest BCUT2D eigenvalue weighted by Gasteiger charge is -2.25. The number of phenolic OH excluding ortho intramolecular Hbond substituents is 3. The van der Waals surface area contributed by atoms with E-state index in [0.29, 0.717) is 48.6 Å². The van der Waals surface area contributed by atoms with E-state index in [1.165, 1.54) is 24.3 Å². The Balaban J connectivity index is 1.68. The zero-order valence-corrected chi connectivity index (χ0v) is 15.0. The lowest BCUT2D eigenvalue weighted by Crippen LogP contribution is -2.39. The van der Waals surface area contributed by atoms with Gasteiger partial charge in [0.1, 0.15) is 5.76 Å². The molecule has 1 aromatic heterocycles. The fraction of sp³-hybridized carbons (Fsp3) is 0.190. The summed E-state index contributed by atoms with van der Waals surface area (Å²) < 4.78 is 11.0. The van der Waals surface area contributed by atoms with Gasteiger partial charge in [-0.3, -0.25) is 4.79 Å². The third-order valence-electron chi connectivity index (χ3n) is 4.68. The smallest absolute Gasteiger partial charge is 0.246 e. The Hall–Kier alpha value is -3.45. The van der Waals surface area contributed by atoms with Crippen LogP contribution < -0.4 is 0 Å². The van der Waals surface area contributed by atoms with E-state index in [4.69, 9.17) is 9.15 Å². The van der Waals surface area contributed by atoms with Crippen LogP contribution in [0.25, 0.3) is 28.4 Å². The quantitative estimate of drug-likeness (QED) is 0.476. The molecule has 1 aliphatic rings. The summed E-state index contributed by atoms with van der Waals surface area (Å²) >= 11 is 0. The van der Waals surface area contributed by atoms with Crippen molar-refractivity contribution in [2.45, 2.75) is 0 Å². The van der Waals surface area contributed by atoms with E-state index in [0.717, 1.165) is 0 Å². The number of furan rings is 1. The number of morpholine rings is 1. The third kappa shape index (κ3) is 3.39. The average molecular weight is 381 g/mol. The van der Waals surface area contributed by atoms with Gasteiger partial charge in [-0.1, -0.05) is 6.07 Å². The van der Waals surface area contributed by atoms with Crippen LogP contribution in [0.4, 0.5) is 0 Å². The van der Waals surface area contributed by atoms with Crippen LogP contribution in [0.5, 0.6) is 17.2 Å². The van der Waals surface area contributed by atoms with Gasteiger partial charge in [0.15, 0.2) is 22.8 Å². The van der Waals surface area contributed by atoms with Crippen molar-refractivity contribution in [3.8, 4) is 28.6 Å². The summed E-state index contributed by atoms with van der Waals surface area (Å²) in [6, 6.07) is 9.26. The van der Waals surface area contributed by atoms with Crippen molar-refractivity contribution in [1.82, 2.24) is 4.90 Å². The Morgan fingerprint density at radius 1 is 0.964 bits per heavy atom. The molecule has 2 heterocycles. The Bertz CT molecular complexity index is 1060. The van der Waals surface area contributed by atoms with Gasteiger partial charge in [0, 0.05) is 30.1 Å². The highest BCUT2D eigenvalue weighted by atomic mass is 16.5. The number of ether oxygens (including phenoxy) is 1. The summed E-state index contributed by atoms with van der Waals surface area (Å²) in [5.74, 6) is -0.204. The third-order valence-corrected chi connectivity index (χ3v) is 4.68. The molecule has 28 heavy (non-hydrogen) atoms. The Morgan fingerprint density at radius 2 is 1.71 bits per heavy atom. The topological polar surface area (TPSA) is 103 Å². The number of benzene rings is 2. The summed E-state index contributed by atoms with van der Waals surface area (Å²) in [5.41, 5.74) is 1.54. The summed E-state index contributed by atoms with van der Waals surface area (Å²) in [7, 11) is 0. The van der Waals surface area contributed by atoms with Crippen LogP contribution in [-0.4, -0.2) is 52.4 Å².